The van der Waals surface area contributed by atoms with Crippen LogP contribution >= 0.6 is 0 Å². The summed E-state index contributed by atoms with van der Waals surface area (Å²) in [6, 6.07) is -0.145. The third-order valence-electron chi connectivity index (χ3n) is 7.09. The van der Waals surface area contributed by atoms with Crippen molar-refractivity contribution >= 4 is 17.8 Å². The van der Waals surface area contributed by atoms with Gasteiger partial charge in [-0.1, -0.05) is 19.3 Å². The molecule has 2 bridgehead atoms. The van der Waals surface area contributed by atoms with Crippen molar-refractivity contribution in [2.45, 2.75) is 76.3 Å². The van der Waals surface area contributed by atoms with Gasteiger partial charge in [0.25, 0.3) is 5.91 Å². The molecule has 1 aliphatic heterocycles. The van der Waals surface area contributed by atoms with Crippen LogP contribution in [0.5, 0.6) is 0 Å². The van der Waals surface area contributed by atoms with Crippen molar-refractivity contribution in [3.05, 3.63) is 0 Å². The van der Waals surface area contributed by atoms with Gasteiger partial charge < -0.3 is 10.6 Å². The first kappa shape index (κ1) is 16.9. The Bertz CT molecular complexity index is 584. The van der Waals surface area contributed by atoms with Crippen molar-refractivity contribution in [1.29, 1.82) is 0 Å². The molecule has 4 unspecified atom stereocenters. The molecule has 138 valence electrons. The quantitative estimate of drug-likeness (QED) is 0.748. The largest absolute Gasteiger partial charge is 0.353 e. The SMILES string of the molecule is CC(NC(=O)CCN1C(=O)NC2(CCCC2)C1=O)C1CC2CCC1C2. The molecule has 4 fully saturated rings. The fourth-order valence-electron chi connectivity index (χ4n) is 5.75. The number of imide groups is 1. The summed E-state index contributed by atoms with van der Waals surface area (Å²) in [6.45, 7) is 2.28. The molecule has 1 saturated heterocycles. The van der Waals surface area contributed by atoms with Crippen molar-refractivity contribution in [3.63, 3.8) is 0 Å². The standard InChI is InChI=1S/C19H29N3O3/c1-12(15-11-13-4-5-14(15)10-13)20-16(23)6-9-22-17(24)19(21-18(22)25)7-2-3-8-19/h12-15H,2-11H2,1H3,(H,20,23)(H,21,25). The molecule has 25 heavy (non-hydrogen) atoms. The molecule has 4 atom stereocenters. The van der Waals surface area contributed by atoms with Gasteiger partial charge in [0.05, 0.1) is 0 Å². The Morgan fingerprint density at radius 1 is 1.28 bits per heavy atom. The monoisotopic (exact) mass is 347 g/mol. The van der Waals surface area contributed by atoms with Gasteiger partial charge in [-0.05, 0) is 56.8 Å². The molecular weight excluding hydrogens is 318 g/mol. The third kappa shape index (κ3) is 2.93. The number of hydrogen-bond acceptors (Lipinski definition) is 3. The Hall–Kier alpha value is -1.59. The molecule has 4 amide bonds. The van der Waals surface area contributed by atoms with Crippen molar-refractivity contribution in [3.8, 4) is 0 Å². The van der Waals surface area contributed by atoms with E-state index in [2.05, 4.69) is 17.6 Å². The Morgan fingerprint density at radius 2 is 2.04 bits per heavy atom. The second kappa shape index (κ2) is 6.29. The third-order valence-corrected chi connectivity index (χ3v) is 7.09. The van der Waals surface area contributed by atoms with Gasteiger partial charge in [0.15, 0.2) is 0 Å². The van der Waals surface area contributed by atoms with Crippen LogP contribution in [-0.4, -0.2) is 40.9 Å². The summed E-state index contributed by atoms with van der Waals surface area (Å²) in [5, 5.41) is 5.98. The lowest BCUT2D eigenvalue weighted by molar-refractivity contribution is -0.131. The molecule has 1 heterocycles. The van der Waals surface area contributed by atoms with Crippen molar-refractivity contribution in [1.82, 2.24) is 15.5 Å². The fraction of sp³-hybridized carbons (Fsp3) is 0.842. The predicted octanol–water partition coefficient (Wildman–Crippen LogP) is 2.18. The zero-order valence-corrected chi connectivity index (χ0v) is 15.1. The van der Waals surface area contributed by atoms with Gasteiger partial charge in [0.1, 0.15) is 5.54 Å². The first-order valence-electron chi connectivity index (χ1n) is 9.92. The normalized spacial score (nSPS) is 34.0. The summed E-state index contributed by atoms with van der Waals surface area (Å²) in [5.74, 6) is 2.05. The highest BCUT2D eigenvalue weighted by Gasteiger charge is 2.52. The van der Waals surface area contributed by atoms with Crippen molar-refractivity contribution < 1.29 is 14.4 Å². The van der Waals surface area contributed by atoms with Gasteiger partial charge in [-0.15, -0.1) is 0 Å². The van der Waals surface area contributed by atoms with E-state index in [9.17, 15) is 14.4 Å². The van der Waals surface area contributed by atoms with Crippen molar-refractivity contribution in [2.75, 3.05) is 6.54 Å². The molecule has 1 spiro atoms. The van der Waals surface area contributed by atoms with E-state index in [1.807, 2.05) is 0 Å². The zero-order chi connectivity index (χ0) is 17.6. The second-order valence-corrected chi connectivity index (χ2v) is 8.62. The summed E-state index contributed by atoms with van der Waals surface area (Å²) in [6.07, 6.45) is 8.82. The molecule has 3 saturated carbocycles. The summed E-state index contributed by atoms with van der Waals surface area (Å²) < 4.78 is 0. The van der Waals surface area contributed by atoms with E-state index < -0.39 is 5.54 Å². The Labute approximate surface area is 149 Å². The van der Waals surface area contributed by atoms with E-state index >= 15 is 0 Å². The lowest BCUT2D eigenvalue weighted by Crippen LogP contribution is -2.44. The number of fused-ring (bicyclic) bond motifs is 2. The molecule has 4 aliphatic rings. The van der Waals surface area contributed by atoms with Crippen LogP contribution in [0.3, 0.4) is 0 Å². The topological polar surface area (TPSA) is 78.5 Å². The number of carbonyl (C=O) groups is 3. The molecule has 0 aromatic rings. The maximum absolute atomic E-state index is 12.6. The molecule has 0 aromatic carbocycles. The summed E-state index contributed by atoms with van der Waals surface area (Å²) in [5.41, 5.74) is -0.677. The number of hydrogen-bond donors (Lipinski definition) is 2. The Balaban J connectivity index is 1.27. The first-order valence-corrected chi connectivity index (χ1v) is 9.92. The molecule has 4 rings (SSSR count). The number of urea groups is 1. The average Bonchev–Trinajstić information content (AvgIpc) is 3.34. The summed E-state index contributed by atoms with van der Waals surface area (Å²) in [7, 11) is 0. The van der Waals surface area contributed by atoms with Crippen molar-refractivity contribution in [2.24, 2.45) is 17.8 Å². The van der Waals surface area contributed by atoms with E-state index in [1.165, 1.54) is 30.6 Å². The lowest BCUT2D eigenvalue weighted by Gasteiger charge is -2.28. The van der Waals surface area contributed by atoms with Gasteiger partial charge in [-0.3, -0.25) is 14.5 Å². The van der Waals surface area contributed by atoms with Crippen LogP contribution in [0.25, 0.3) is 0 Å². The van der Waals surface area contributed by atoms with Gasteiger partial charge in [0, 0.05) is 19.0 Å². The van der Waals surface area contributed by atoms with Crippen LogP contribution in [0.15, 0.2) is 0 Å². The lowest BCUT2D eigenvalue weighted by atomic mass is 9.84. The van der Waals surface area contributed by atoms with E-state index in [0.29, 0.717) is 5.92 Å². The smallest absolute Gasteiger partial charge is 0.325 e. The minimum Gasteiger partial charge on any atom is -0.353 e. The average molecular weight is 347 g/mol. The van der Waals surface area contributed by atoms with E-state index in [4.69, 9.17) is 0 Å². The highest BCUT2D eigenvalue weighted by atomic mass is 16.2. The molecule has 6 heteroatoms. The minimum atomic E-state index is -0.677. The highest BCUT2D eigenvalue weighted by molar-refractivity contribution is 6.07. The molecule has 2 N–H and O–H groups in total. The number of carbonyl (C=O) groups excluding carboxylic acids is 3. The number of nitrogens with one attached hydrogen (secondary N) is 2. The molecule has 6 nitrogen and oxygen atoms in total. The molecular formula is C19H29N3O3. The Kier molecular flexibility index (Phi) is 4.24. The van der Waals surface area contributed by atoms with Crippen LogP contribution in [0, 0.1) is 17.8 Å². The van der Waals surface area contributed by atoms with E-state index in [1.54, 1.807) is 0 Å². The highest BCUT2D eigenvalue weighted by Crippen LogP contribution is 2.49. The maximum Gasteiger partial charge on any atom is 0.325 e. The van der Waals surface area contributed by atoms with Gasteiger partial charge in [-0.2, -0.15) is 0 Å². The number of amides is 4. The predicted molar refractivity (Wildman–Crippen MR) is 92.6 cm³/mol. The van der Waals surface area contributed by atoms with Crippen LogP contribution in [0.4, 0.5) is 4.79 Å². The molecule has 3 aliphatic carbocycles. The van der Waals surface area contributed by atoms with Gasteiger partial charge in [-0.25, -0.2) is 4.79 Å². The molecule has 0 radical (unpaired) electrons. The second-order valence-electron chi connectivity index (χ2n) is 8.62. The van der Waals surface area contributed by atoms with Crippen LogP contribution in [0.2, 0.25) is 0 Å². The summed E-state index contributed by atoms with van der Waals surface area (Å²) >= 11 is 0. The van der Waals surface area contributed by atoms with E-state index in [-0.39, 0.29) is 36.9 Å². The van der Waals surface area contributed by atoms with Gasteiger partial charge in [0.2, 0.25) is 5.91 Å². The van der Waals surface area contributed by atoms with E-state index in [0.717, 1.165) is 37.5 Å². The number of rotatable bonds is 5. The van der Waals surface area contributed by atoms with Gasteiger partial charge >= 0.3 is 6.03 Å². The maximum atomic E-state index is 12.6. The fourth-order valence-corrected chi connectivity index (χ4v) is 5.75. The zero-order valence-electron chi connectivity index (χ0n) is 15.1. The van der Waals surface area contributed by atoms with Crippen LogP contribution < -0.4 is 10.6 Å². The molecule has 0 aromatic heterocycles. The number of nitrogens with zero attached hydrogens (tertiary/aromatic N) is 1. The minimum absolute atomic E-state index is 0.0526. The Morgan fingerprint density at radius 3 is 2.68 bits per heavy atom. The van der Waals surface area contributed by atoms with Crippen LogP contribution in [0.1, 0.15) is 64.7 Å². The van der Waals surface area contributed by atoms with Crippen LogP contribution in [-0.2, 0) is 9.59 Å². The first-order chi connectivity index (χ1) is 12.0. The summed E-state index contributed by atoms with van der Waals surface area (Å²) in [4.78, 5) is 38.3.